The van der Waals surface area contributed by atoms with E-state index in [0.717, 1.165) is 91.8 Å². The standard InChI is InChI=1S/C54H77N9O3S/c1-7-8-9-10-11-12-13-14-15-16-19-26-61(6)28-29-66-54-34-51(4)31-52(5,35-54)33-53(32-51,36-54)37-63-39(3)42(30-57-63)41-24-25-45(59-46(41)49(64)65)62-27-20-21-40(48(62)56)38(2)47(55)60-50-58-43-22-17-18-23-44(43)67-50/h17-18,22-25,30,56H,7-16,19-21,26-29,31-37H2,1-6H3,(H,64,65)(H2,55,58,60)/b40-38-,56-48?. The Balaban J connectivity index is 0.907. The van der Waals surface area contributed by atoms with Crippen LogP contribution in [0, 0.1) is 28.6 Å². The molecule has 4 aromatic rings. The third-order valence-corrected chi connectivity index (χ3v) is 16.5. The van der Waals surface area contributed by atoms with Crippen LogP contribution in [0.3, 0.4) is 0 Å². The highest BCUT2D eigenvalue weighted by Gasteiger charge is 2.66. The second-order valence-electron chi connectivity index (χ2n) is 21.9. The van der Waals surface area contributed by atoms with Gasteiger partial charge in [-0.3, -0.25) is 10.1 Å². The van der Waals surface area contributed by atoms with Crippen molar-refractivity contribution in [3.63, 3.8) is 0 Å². The Bertz CT molecular complexity index is 2420. The summed E-state index contributed by atoms with van der Waals surface area (Å²) < 4.78 is 10.3. The molecule has 4 N–H and O–H groups in total. The molecule has 0 amide bonds. The van der Waals surface area contributed by atoms with Crippen LogP contribution in [0.2, 0.25) is 0 Å². The molecule has 9 rings (SSSR count). The molecule has 5 aliphatic rings. The minimum atomic E-state index is -1.11. The Morgan fingerprint density at radius 1 is 0.910 bits per heavy atom. The van der Waals surface area contributed by atoms with E-state index in [-0.39, 0.29) is 33.4 Å². The maximum Gasteiger partial charge on any atom is 0.355 e. The van der Waals surface area contributed by atoms with Gasteiger partial charge in [0.05, 0.1) is 28.6 Å². The van der Waals surface area contributed by atoms with Gasteiger partial charge in [-0.05, 0) is 131 Å². The van der Waals surface area contributed by atoms with E-state index in [1.54, 1.807) is 4.90 Å². The number of nitrogens with zero attached hydrogens (tertiary/aromatic N) is 7. The first-order valence-corrected chi connectivity index (χ1v) is 26.3. The molecule has 362 valence electrons. The number of aliphatic imine (C=N–C) groups is 1. The molecule has 67 heavy (non-hydrogen) atoms. The summed E-state index contributed by atoms with van der Waals surface area (Å²) >= 11 is 1.47. The normalized spacial score (nSPS) is 25.8. The number of nitrogens with one attached hydrogen (secondary N) is 1. The zero-order valence-corrected chi connectivity index (χ0v) is 42.2. The van der Waals surface area contributed by atoms with Crippen LogP contribution in [0.4, 0.5) is 10.9 Å². The van der Waals surface area contributed by atoms with E-state index in [4.69, 9.17) is 20.6 Å². The number of piperidine rings is 1. The smallest absolute Gasteiger partial charge is 0.355 e. The predicted molar refractivity (Wildman–Crippen MR) is 274 cm³/mol. The van der Waals surface area contributed by atoms with Gasteiger partial charge in [0.1, 0.15) is 17.5 Å². The average molecular weight is 932 g/mol. The first-order chi connectivity index (χ1) is 32.1. The quantitative estimate of drug-likeness (QED) is 0.0374. The highest BCUT2D eigenvalue weighted by Crippen LogP contribution is 2.72. The Morgan fingerprint density at radius 2 is 1.60 bits per heavy atom. The van der Waals surface area contributed by atoms with Crippen molar-refractivity contribution >= 4 is 50.1 Å². The molecule has 5 fully saturated rings. The number of likely N-dealkylation sites (N-methyl/N-ethyl adjacent to an activating group) is 1. The summed E-state index contributed by atoms with van der Waals surface area (Å²) in [6, 6.07) is 11.6. The van der Waals surface area contributed by atoms with Crippen LogP contribution in [0.15, 0.2) is 58.7 Å². The van der Waals surface area contributed by atoms with Crippen LogP contribution in [-0.4, -0.2) is 86.3 Å². The second-order valence-corrected chi connectivity index (χ2v) is 22.9. The van der Waals surface area contributed by atoms with E-state index in [0.29, 0.717) is 40.9 Å². The first-order valence-electron chi connectivity index (χ1n) is 25.5. The number of anilines is 1. The number of aromatic carboxylic acids is 1. The molecule has 4 aliphatic carbocycles. The number of hydrogen-bond acceptors (Lipinski definition) is 9. The Morgan fingerprint density at radius 3 is 2.28 bits per heavy atom. The lowest BCUT2D eigenvalue weighted by atomic mass is 9.39. The number of aromatic nitrogens is 4. The van der Waals surface area contributed by atoms with Gasteiger partial charge in [0.2, 0.25) is 5.13 Å². The number of rotatable bonds is 23. The molecule has 13 heteroatoms. The van der Waals surface area contributed by atoms with Crippen molar-refractivity contribution in [1.82, 2.24) is 24.6 Å². The van der Waals surface area contributed by atoms with E-state index in [1.165, 1.54) is 88.4 Å². The van der Waals surface area contributed by atoms with E-state index in [2.05, 4.69) is 54.3 Å². The van der Waals surface area contributed by atoms with Gasteiger partial charge >= 0.3 is 5.97 Å². The highest BCUT2D eigenvalue weighted by atomic mass is 32.1. The van der Waals surface area contributed by atoms with Crippen molar-refractivity contribution in [2.75, 3.05) is 38.2 Å². The summed E-state index contributed by atoms with van der Waals surface area (Å²) in [5.74, 6) is -0.131. The third-order valence-electron chi connectivity index (χ3n) is 15.6. The summed E-state index contributed by atoms with van der Waals surface area (Å²) in [5.41, 5.74) is 11.4. The van der Waals surface area contributed by atoms with Crippen LogP contribution in [0.1, 0.15) is 166 Å². The Hall–Kier alpha value is -4.46. The number of pyridine rings is 1. The molecule has 1 saturated heterocycles. The predicted octanol–water partition coefficient (Wildman–Crippen LogP) is 12.5. The third kappa shape index (κ3) is 11.2. The van der Waals surface area contributed by atoms with Gasteiger partial charge in [-0.15, -0.1) is 0 Å². The number of amidine groups is 2. The van der Waals surface area contributed by atoms with Crippen molar-refractivity contribution in [1.29, 1.82) is 5.41 Å². The van der Waals surface area contributed by atoms with Crippen LogP contribution >= 0.6 is 11.3 Å². The minimum absolute atomic E-state index is 0.0475. The fourth-order valence-electron chi connectivity index (χ4n) is 13.5. The molecule has 2 atom stereocenters. The molecule has 0 radical (unpaired) electrons. The number of benzene rings is 1. The lowest BCUT2D eigenvalue weighted by Gasteiger charge is -2.69. The summed E-state index contributed by atoms with van der Waals surface area (Å²) in [6.07, 6.45) is 25.1. The average Bonchev–Trinajstić information content (AvgIpc) is 3.85. The van der Waals surface area contributed by atoms with Gasteiger partial charge in [0.25, 0.3) is 0 Å². The number of carbonyl (C=O) groups is 1. The number of hydrogen-bond donors (Lipinski definition) is 3. The minimum Gasteiger partial charge on any atom is -0.476 e. The molecule has 1 aromatic carbocycles. The van der Waals surface area contributed by atoms with Crippen molar-refractivity contribution in [3.05, 3.63) is 65.1 Å². The Kier molecular flexibility index (Phi) is 15.1. The maximum absolute atomic E-state index is 13.0. The van der Waals surface area contributed by atoms with Crippen molar-refractivity contribution in [2.45, 2.75) is 169 Å². The number of fused-ring (bicyclic) bond motifs is 1. The molecule has 4 bridgehead atoms. The molecule has 2 unspecified atom stereocenters. The van der Waals surface area contributed by atoms with Gasteiger partial charge in [0.15, 0.2) is 5.69 Å². The molecule has 3 aromatic heterocycles. The van der Waals surface area contributed by atoms with Crippen LogP contribution in [-0.2, 0) is 11.3 Å². The number of nitrogens with two attached hydrogens (primary N) is 1. The molecule has 4 heterocycles. The van der Waals surface area contributed by atoms with Gasteiger partial charge in [-0.1, -0.05) is 108 Å². The topological polar surface area (TPSA) is 159 Å². The molecule has 1 aliphatic heterocycles. The fraction of sp³-hybridized carbons (Fsp3) is 0.630. The Labute approximate surface area is 403 Å². The van der Waals surface area contributed by atoms with Crippen molar-refractivity contribution < 1.29 is 14.6 Å². The van der Waals surface area contributed by atoms with Gasteiger partial charge in [-0.25, -0.2) is 19.8 Å². The first kappa shape index (κ1) is 49.0. The summed E-state index contributed by atoms with van der Waals surface area (Å²) in [4.78, 5) is 31.2. The summed E-state index contributed by atoms with van der Waals surface area (Å²) in [6.45, 7) is 15.4. The molecular formula is C54H77N9O3S. The fourth-order valence-corrected chi connectivity index (χ4v) is 14.4. The van der Waals surface area contributed by atoms with E-state index in [1.807, 2.05) is 49.5 Å². The lowest BCUT2D eigenvalue weighted by molar-refractivity contribution is -0.248. The van der Waals surface area contributed by atoms with Crippen molar-refractivity contribution in [3.8, 4) is 11.1 Å². The van der Waals surface area contributed by atoms with Gasteiger partial charge in [-0.2, -0.15) is 5.10 Å². The van der Waals surface area contributed by atoms with E-state index >= 15 is 0 Å². The molecule has 0 spiro atoms. The SMILES string of the molecule is CCCCCCCCCCCCCN(C)CCOC12CC3(C)CC(C)(CC(Cn4ncc(-c5ccc(N6CCC/C(=C(C)/C(N)=N/c7nc8ccccc8s7)C6=N)nc5C(=O)O)c4C)(C3)C1)C2. The lowest BCUT2D eigenvalue weighted by Crippen LogP contribution is -2.64. The number of unbranched alkanes of at least 4 members (excludes halogenated alkanes) is 10. The van der Waals surface area contributed by atoms with Gasteiger partial charge in [0, 0.05) is 42.0 Å². The molecule has 12 nitrogen and oxygen atoms in total. The zero-order chi connectivity index (χ0) is 47.4. The second kappa shape index (κ2) is 20.6. The summed E-state index contributed by atoms with van der Waals surface area (Å²) in [5, 5.41) is 25.4. The number of thiazole rings is 1. The number of carboxylic acid groups (broad SMARTS) is 1. The van der Waals surface area contributed by atoms with E-state index in [9.17, 15) is 15.3 Å². The number of ether oxygens (including phenoxy) is 1. The van der Waals surface area contributed by atoms with Crippen molar-refractivity contribution in [2.24, 2.45) is 27.0 Å². The summed E-state index contributed by atoms with van der Waals surface area (Å²) in [7, 11) is 2.26. The largest absolute Gasteiger partial charge is 0.476 e. The van der Waals surface area contributed by atoms with Gasteiger partial charge < -0.3 is 25.4 Å². The monoisotopic (exact) mass is 932 g/mol. The van der Waals surface area contributed by atoms with Crippen LogP contribution in [0.25, 0.3) is 21.3 Å². The highest BCUT2D eigenvalue weighted by molar-refractivity contribution is 7.22. The van der Waals surface area contributed by atoms with Crippen LogP contribution < -0.4 is 10.6 Å². The molecular weight excluding hydrogens is 855 g/mol. The van der Waals surface area contributed by atoms with E-state index < -0.39 is 5.97 Å². The maximum atomic E-state index is 13.0. The zero-order valence-electron chi connectivity index (χ0n) is 41.4. The van der Waals surface area contributed by atoms with Crippen LogP contribution in [0.5, 0.6) is 0 Å². The number of carboxylic acids is 1. The number of para-hydroxylation sites is 1. The molecule has 4 saturated carbocycles.